The number of imidazole rings is 1. The van der Waals surface area contributed by atoms with Crippen molar-refractivity contribution in [3.05, 3.63) is 58.4 Å². The second-order valence-corrected chi connectivity index (χ2v) is 7.50. The van der Waals surface area contributed by atoms with Gasteiger partial charge in [0.05, 0.1) is 29.2 Å². The van der Waals surface area contributed by atoms with Crippen LogP contribution in [0.2, 0.25) is 5.02 Å². The van der Waals surface area contributed by atoms with Gasteiger partial charge in [0.15, 0.2) is 0 Å². The molecule has 0 saturated heterocycles. The van der Waals surface area contributed by atoms with Crippen LogP contribution in [0.15, 0.2) is 36.4 Å². The summed E-state index contributed by atoms with van der Waals surface area (Å²) in [6.07, 6.45) is 1.68. The highest BCUT2D eigenvalue weighted by atomic mass is 35.5. The first-order valence-electron chi connectivity index (χ1n) is 9.41. The summed E-state index contributed by atoms with van der Waals surface area (Å²) in [5.74, 6) is 1.21. The van der Waals surface area contributed by atoms with Gasteiger partial charge in [-0.05, 0) is 43.7 Å². The van der Waals surface area contributed by atoms with Crippen molar-refractivity contribution >= 4 is 28.5 Å². The molecule has 146 valence electrons. The Labute approximate surface area is 168 Å². The van der Waals surface area contributed by atoms with E-state index in [1.807, 2.05) is 37.3 Å². The predicted octanol–water partition coefficient (Wildman–Crippen LogP) is 3.75. The lowest BCUT2D eigenvalue weighted by Crippen LogP contribution is -2.36. The molecule has 1 aliphatic carbocycles. The van der Waals surface area contributed by atoms with Crippen molar-refractivity contribution in [1.29, 1.82) is 0 Å². The SMILES string of the molecule is CCNCc1cccc(C(=O)NC2(c3nc4ccc(Cl)cc4[nH]3)CC2)c1OC. The van der Waals surface area contributed by atoms with Gasteiger partial charge in [0, 0.05) is 17.1 Å². The van der Waals surface area contributed by atoms with E-state index in [0.29, 0.717) is 22.9 Å². The lowest BCUT2D eigenvalue weighted by atomic mass is 10.1. The molecule has 6 nitrogen and oxygen atoms in total. The van der Waals surface area contributed by atoms with E-state index in [4.69, 9.17) is 16.3 Å². The minimum Gasteiger partial charge on any atom is -0.496 e. The molecule has 0 spiro atoms. The summed E-state index contributed by atoms with van der Waals surface area (Å²) in [7, 11) is 1.59. The number of aromatic amines is 1. The van der Waals surface area contributed by atoms with E-state index >= 15 is 0 Å². The Kier molecular flexibility index (Phi) is 5.00. The largest absolute Gasteiger partial charge is 0.496 e. The maximum Gasteiger partial charge on any atom is 0.255 e. The smallest absolute Gasteiger partial charge is 0.255 e. The number of nitrogens with one attached hydrogen (secondary N) is 3. The quantitative estimate of drug-likeness (QED) is 0.566. The fourth-order valence-electron chi connectivity index (χ4n) is 3.44. The van der Waals surface area contributed by atoms with Gasteiger partial charge in [-0.15, -0.1) is 0 Å². The molecule has 3 aromatic rings. The molecule has 0 bridgehead atoms. The maximum atomic E-state index is 13.1. The van der Waals surface area contributed by atoms with E-state index in [0.717, 1.165) is 41.8 Å². The van der Waals surface area contributed by atoms with Crippen LogP contribution in [0.3, 0.4) is 0 Å². The Morgan fingerprint density at radius 1 is 1.32 bits per heavy atom. The highest BCUT2D eigenvalue weighted by molar-refractivity contribution is 6.31. The molecule has 0 aliphatic heterocycles. The molecule has 0 radical (unpaired) electrons. The summed E-state index contributed by atoms with van der Waals surface area (Å²) < 4.78 is 5.56. The van der Waals surface area contributed by atoms with Gasteiger partial charge in [-0.1, -0.05) is 30.7 Å². The fraction of sp³-hybridized carbons (Fsp3) is 0.333. The van der Waals surface area contributed by atoms with E-state index in [1.165, 1.54) is 0 Å². The Hall–Kier alpha value is -2.57. The molecule has 28 heavy (non-hydrogen) atoms. The summed E-state index contributed by atoms with van der Waals surface area (Å²) in [6, 6.07) is 11.2. The number of ether oxygens (including phenoxy) is 1. The topological polar surface area (TPSA) is 79.0 Å². The number of benzene rings is 2. The van der Waals surface area contributed by atoms with Gasteiger partial charge in [-0.3, -0.25) is 4.79 Å². The summed E-state index contributed by atoms with van der Waals surface area (Å²) in [5.41, 5.74) is 2.73. The summed E-state index contributed by atoms with van der Waals surface area (Å²) in [6.45, 7) is 3.54. The minimum atomic E-state index is -0.467. The normalized spacial score (nSPS) is 14.8. The molecule has 1 aromatic heterocycles. The number of carbonyl (C=O) groups is 1. The van der Waals surface area contributed by atoms with Crippen LogP contribution < -0.4 is 15.4 Å². The van der Waals surface area contributed by atoms with Crippen molar-refractivity contribution in [2.45, 2.75) is 31.8 Å². The van der Waals surface area contributed by atoms with Crippen LogP contribution >= 0.6 is 11.6 Å². The highest BCUT2D eigenvalue weighted by Gasteiger charge is 2.48. The van der Waals surface area contributed by atoms with Crippen molar-refractivity contribution in [1.82, 2.24) is 20.6 Å². The third-order valence-electron chi connectivity index (χ3n) is 5.11. The summed E-state index contributed by atoms with van der Waals surface area (Å²) in [4.78, 5) is 21.1. The second kappa shape index (κ2) is 7.45. The number of H-pyrrole nitrogens is 1. The number of hydrogen-bond donors (Lipinski definition) is 3. The first kappa shape index (κ1) is 18.8. The Balaban J connectivity index is 1.60. The number of fused-ring (bicyclic) bond motifs is 1. The Morgan fingerprint density at radius 3 is 2.86 bits per heavy atom. The number of halogens is 1. The van der Waals surface area contributed by atoms with Crippen LogP contribution in [0, 0.1) is 0 Å². The van der Waals surface area contributed by atoms with Crippen molar-refractivity contribution in [2.75, 3.05) is 13.7 Å². The minimum absolute atomic E-state index is 0.161. The zero-order chi connectivity index (χ0) is 19.7. The standard InChI is InChI=1S/C21H23ClN4O2/c1-3-23-12-13-5-4-6-15(18(13)28-2)19(27)26-21(9-10-21)20-24-16-8-7-14(22)11-17(16)25-20/h4-8,11,23H,3,9-10,12H2,1-2H3,(H,24,25)(H,26,27). The number of methoxy groups -OCH3 is 1. The number of nitrogens with zero attached hydrogens (tertiary/aromatic N) is 1. The Bertz CT molecular complexity index is 1030. The molecule has 0 unspecified atom stereocenters. The number of carbonyl (C=O) groups excluding carboxylic acids is 1. The van der Waals surface area contributed by atoms with E-state index in [1.54, 1.807) is 13.2 Å². The molecule has 3 N–H and O–H groups in total. The number of rotatable bonds is 7. The van der Waals surface area contributed by atoms with Crippen LogP contribution in [0.4, 0.5) is 0 Å². The maximum absolute atomic E-state index is 13.1. The van der Waals surface area contributed by atoms with Crippen molar-refractivity contribution in [3.63, 3.8) is 0 Å². The number of hydrogen-bond acceptors (Lipinski definition) is 4. The molecule has 1 fully saturated rings. The van der Waals surface area contributed by atoms with E-state index < -0.39 is 5.54 Å². The molecule has 0 atom stereocenters. The molecule has 1 amide bonds. The van der Waals surface area contributed by atoms with E-state index in [9.17, 15) is 4.79 Å². The van der Waals surface area contributed by atoms with Gasteiger partial charge < -0.3 is 20.4 Å². The lowest BCUT2D eigenvalue weighted by Gasteiger charge is -2.18. The van der Waals surface area contributed by atoms with Crippen LogP contribution in [0.1, 0.15) is 41.5 Å². The van der Waals surface area contributed by atoms with Gasteiger partial charge in [0.1, 0.15) is 11.6 Å². The van der Waals surface area contributed by atoms with E-state index in [2.05, 4.69) is 20.6 Å². The molecule has 2 aromatic carbocycles. The van der Waals surface area contributed by atoms with Crippen LogP contribution in [0.5, 0.6) is 5.75 Å². The van der Waals surface area contributed by atoms with Gasteiger partial charge in [0.25, 0.3) is 5.91 Å². The fourth-order valence-corrected chi connectivity index (χ4v) is 3.61. The zero-order valence-corrected chi connectivity index (χ0v) is 16.7. The third kappa shape index (κ3) is 3.45. The monoisotopic (exact) mass is 398 g/mol. The molecule has 7 heteroatoms. The first-order chi connectivity index (χ1) is 13.6. The average molecular weight is 399 g/mol. The molecule has 4 rings (SSSR count). The van der Waals surface area contributed by atoms with Crippen molar-refractivity contribution < 1.29 is 9.53 Å². The molecular formula is C21H23ClN4O2. The molecular weight excluding hydrogens is 376 g/mol. The van der Waals surface area contributed by atoms with Crippen molar-refractivity contribution in [2.24, 2.45) is 0 Å². The highest BCUT2D eigenvalue weighted by Crippen LogP contribution is 2.45. The molecule has 1 saturated carbocycles. The summed E-state index contributed by atoms with van der Waals surface area (Å²) in [5, 5.41) is 7.09. The Morgan fingerprint density at radius 2 is 2.14 bits per heavy atom. The number of aromatic nitrogens is 2. The number of amides is 1. The van der Waals surface area contributed by atoms with Crippen molar-refractivity contribution in [3.8, 4) is 5.75 Å². The average Bonchev–Trinajstić information content (AvgIpc) is 3.35. The number of para-hydroxylation sites is 1. The van der Waals surface area contributed by atoms with E-state index in [-0.39, 0.29) is 5.91 Å². The first-order valence-corrected chi connectivity index (χ1v) is 9.79. The lowest BCUT2D eigenvalue weighted by molar-refractivity contribution is 0.0925. The van der Waals surface area contributed by atoms with Gasteiger partial charge >= 0.3 is 0 Å². The van der Waals surface area contributed by atoms with Crippen LogP contribution in [-0.2, 0) is 12.1 Å². The third-order valence-corrected chi connectivity index (χ3v) is 5.35. The van der Waals surface area contributed by atoms with Gasteiger partial charge in [0.2, 0.25) is 0 Å². The summed E-state index contributed by atoms with van der Waals surface area (Å²) >= 11 is 6.07. The van der Waals surface area contributed by atoms with Gasteiger partial charge in [-0.25, -0.2) is 4.98 Å². The predicted molar refractivity (Wildman–Crippen MR) is 110 cm³/mol. The molecule has 1 heterocycles. The second-order valence-electron chi connectivity index (χ2n) is 7.06. The zero-order valence-electron chi connectivity index (χ0n) is 15.9. The van der Waals surface area contributed by atoms with Crippen LogP contribution in [-0.4, -0.2) is 29.5 Å². The van der Waals surface area contributed by atoms with Gasteiger partial charge in [-0.2, -0.15) is 0 Å². The molecule has 1 aliphatic rings. The van der Waals surface area contributed by atoms with Crippen LogP contribution in [0.25, 0.3) is 11.0 Å².